The highest BCUT2D eigenvalue weighted by atomic mass is 16.5. The van der Waals surface area contributed by atoms with Crippen LogP contribution in [0.15, 0.2) is 182 Å². The van der Waals surface area contributed by atoms with Crippen LogP contribution in [-0.2, 0) is 10.8 Å². The Labute approximate surface area is 340 Å². The molecule has 2 aliphatic rings. The Morgan fingerprint density at radius 3 is 1.02 bits per heavy atom. The van der Waals surface area contributed by atoms with Crippen molar-refractivity contribution in [2.24, 2.45) is 0 Å². The minimum atomic E-state index is -0.195. The van der Waals surface area contributed by atoms with Gasteiger partial charge in [0.25, 0.3) is 0 Å². The zero-order valence-corrected chi connectivity index (χ0v) is 33.1. The lowest BCUT2D eigenvalue weighted by molar-refractivity contribution is 0.485. The van der Waals surface area contributed by atoms with E-state index in [0.717, 1.165) is 55.7 Å². The highest BCUT2D eigenvalue weighted by Crippen LogP contribution is 2.57. The van der Waals surface area contributed by atoms with Crippen molar-refractivity contribution in [3.8, 4) is 67.5 Å². The molecular formula is C56H42O2. The summed E-state index contributed by atoms with van der Waals surface area (Å²) in [6.07, 6.45) is 0. The first-order chi connectivity index (χ1) is 28.3. The second-order valence-electron chi connectivity index (χ2n) is 16.9. The van der Waals surface area contributed by atoms with E-state index in [1.165, 1.54) is 55.6 Å². The van der Waals surface area contributed by atoms with Crippen LogP contribution in [0.1, 0.15) is 49.9 Å². The first-order valence-corrected chi connectivity index (χ1v) is 20.2. The fourth-order valence-electron chi connectivity index (χ4n) is 9.68. The maximum absolute atomic E-state index is 7.22. The van der Waals surface area contributed by atoms with Crippen molar-refractivity contribution >= 4 is 21.5 Å². The molecule has 58 heavy (non-hydrogen) atoms. The van der Waals surface area contributed by atoms with E-state index < -0.39 is 0 Å². The van der Waals surface area contributed by atoms with Crippen LogP contribution in [0.4, 0.5) is 0 Å². The molecule has 0 fully saturated rings. The van der Waals surface area contributed by atoms with Gasteiger partial charge in [0.05, 0.1) is 0 Å². The maximum atomic E-state index is 7.22. The van der Waals surface area contributed by atoms with Gasteiger partial charge < -0.3 is 9.47 Å². The number of hydrogen-bond acceptors (Lipinski definition) is 2. The van der Waals surface area contributed by atoms with E-state index in [1.807, 2.05) is 0 Å². The van der Waals surface area contributed by atoms with Crippen molar-refractivity contribution in [2.75, 3.05) is 0 Å². The molecule has 0 unspecified atom stereocenters. The standard InChI is InChI=1S/C56H42O2/c1-55(2)49-21-13-11-19-41(49)43-31-45-47(33-51(43)55)54(58-40-29-25-38(26-30-40)36-17-9-6-10-18-36)48-34-52-44(42-20-12-14-22-50(42)56(52,3)4)32-46(48)53(45)57-39-27-23-37(24-28-39)35-15-7-5-8-16-35/h5-34H,1-4H3. The third-order valence-corrected chi connectivity index (χ3v) is 12.8. The molecule has 0 N–H and O–H groups in total. The minimum Gasteiger partial charge on any atom is -0.456 e. The van der Waals surface area contributed by atoms with Crippen LogP contribution in [0.25, 0.3) is 66.1 Å². The van der Waals surface area contributed by atoms with Crippen LogP contribution in [-0.4, -0.2) is 0 Å². The molecule has 0 saturated heterocycles. The average Bonchev–Trinajstić information content (AvgIpc) is 3.63. The Morgan fingerprint density at radius 1 is 0.293 bits per heavy atom. The second-order valence-corrected chi connectivity index (χ2v) is 16.9. The summed E-state index contributed by atoms with van der Waals surface area (Å²) in [5.41, 5.74) is 14.5. The molecule has 0 aromatic heterocycles. The molecule has 9 aromatic carbocycles. The van der Waals surface area contributed by atoms with Gasteiger partial charge in [-0.05, 0) is 115 Å². The maximum Gasteiger partial charge on any atom is 0.143 e. The van der Waals surface area contributed by atoms with Crippen molar-refractivity contribution in [3.05, 3.63) is 204 Å². The molecule has 0 saturated carbocycles. The first kappa shape index (κ1) is 34.4. The number of fused-ring (bicyclic) bond motifs is 8. The molecule has 11 rings (SSSR count). The van der Waals surface area contributed by atoms with Gasteiger partial charge in [-0.3, -0.25) is 0 Å². The molecule has 0 heterocycles. The van der Waals surface area contributed by atoms with Gasteiger partial charge in [0.2, 0.25) is 0 Å². The Morgan fingerprint density at radius 2 is 0.621 bits per heavy atom. The summed E-state index contributed by atoms with van der Waals surface area (Å²) in [6, 6.07) is 65.2. The van der Waals surface area contributed by atoms with E-state index in [2.05, 4.69) is 210 Å². The Bertz CT molecular complexity index is 2940. The molecule has 0 aliphatic heterocycles. The minimum absolute atomic E-state index is 0.195. The van der Waals surface area contributed by atoms with Gasteiger partial charge in [-0.1, -0.05) is 161 Å². The molecule has 278 valence electrons. The van der Waals surface area contributed by atoms with Gasteiger partial charge in [0.1, 0.15) is 23.0 Å². The summed E-state index contributed by atoms with van der Waals surface area (Å²) in [4.78, 5) is 0. The normalized spacial score (nSPS) is 14.1. The lowest BCUT2D eigenvalue weighted by Crippen LogP contribution is -2.15. The molecule has 9 aromatic rings. The predicted molar refractivity (Wildman–Crippen MR) is 240 cm³/mol. The first-order valence-electron chi connectivity index (χ1n) is 20.2. The third-order valence-electron chi connectivity index (χ3n) is 12.8. The van der Waals surface area contributed by atoms with Gasteiger partial charge in [0.15, 0.2) is 0 Å². The zero-order valence-electron chi connectivity index (χ0n) is 33.1. The molecular weight excluding hydrogens is 705 g/mol. The molecule has 0 amide bonds. The Balaban J connectivity index is 1.18. The number of ether oxygens (including phenoxy) is 2. The Hall–Kier alpha value is -6.90. The van der Waals surface area contributed by atoms with Crippen LogP contribution in [0.2, 0.25) is 0 Å². The van der Waals surface area contributed by atoms with Crippen molar-refractivity contribution in [3.63, 3.8) is 0 Å². The van der Waals surface area contributed by atoms with Gasteiger partial charge >= 0.3 is 0 Å². The molecule has 0 bridgehead atoms. The topological polar surface area (TPSA) is 18.5 Å². The van der Waals surface area contributed by atoms with E-state index in [9.17, 15) is 0 Å². The van der Waals surface area contributed by atoms with Crippen LogP contribution < -0.4 is 9.47 Å². The molecule has 0 atom stereocenters. The van der Waals surface area contributed by atoms with Gasteiger partial charge in [-0.2, -0.15) is 0 Å². The van der Waals surface area contributed by atoms with Crippen molar-refractivity contribution in [1.29, 1.82) is 0 Å². The second kappa shape index (κ2) is 12.8. The van der Waals surface area contributed by atoms with Crippen molar-refractivity contribution < 1.29 is 9.47 Å². The highest BCUT2D eigenvalue weighted by Gasteiger charge is 2.39. The monoisotopic (exact) mass is 746 g/mol. The van der Waals surface area contributed by atoms with E-state index in [1.54, 1.807) is 0 Å². The lowest BCUT2D eigenvalue weighted by atomic mass is 9.80. The summed E-state index contributed by atoms with van der Waals surface area (Å²) in [6.45, 7) is 9.36. The van der Waals surface area contributed by atoms with E-state index in [-0.39, 0.29) is 10.8 Å². The van der Waals surface area contributed by atoms with Crippen molar-refractivity contribution in [2.45, 2.75) is 38.5 Å². The highest BCUT2D eigenvalue weighted by molar-refractivity contribution is 6.15. The predicted octanol–water partition coefficient (Wildman–Crippen LogP) is 15.5. The number of benzene rings is 9. The van der Waals surface area contributed by atoms with E-state index in [4.69, 9.17) is 9.47 Å². The van der Waals surface area contributed by atoms with Crippen LogP contribution in [0.5, 0.6) is 23.0 Å². The smallest absolute Gasteiger partial charge is 0.143 e. The summed E-state index contributed by atoms with van der Waals surface area (Å²) in [5, 5.41) is 4.10. The molecule has 0 spiro atoms. The lowest BCUT2D eigenvalue weighted by Gasteiger charge is -2.25. The third kappa shape index (κ3) is 5.25. The van der Waals surface area contributed by atoms with Crippen molar-refractivity contribution in [1.82, 2.24) is 0 Å². The molecule has 2 nitrogen and oxygen atoms in total. The zero-order chi connectivity index (χ0) is 39.2. The molecule has 2 aliphatic carbocycles. The fourth-order valence-corrected chi connectivity index (χ4v) is 9.68. The van der Waals surface area contributed by atoms with E-state index in [0.29, 0.717) is 0 Å². The Kier molecular flexibility index (Phi) is 7.59. The summed E-state index contributed by atoms with van der Waals surface area (Å²) < 4.78 is 14.4. The summed E-state index contributed by atoms with van der Waals surface area (Å²) >= 11 is 0. The quantitative estimate of drug-likeness (QED) is 0.158. The molecule has 2 heteroatoms. The van der Waals surface area contributed by atoms with Gasteiger partial charge in [0, 0.05) is 32.4 Å². The van der Waals surface area contributed by atoms with Crippen LogP contribution in [0.3, 0.4) is 0 Å². The van der Waals surface area contributed by atoms with Gasteiger partial charge in [-0.15, -0.1) is 0 Å². The number of rotatable bonds is 6. The summed E-state index contributed by atoms with van der Waals surface area (Å²) in [5.74, 6) is 3.25. The largest absolute Gasteiger partial charge is 0.456 e. The van der Waals surface area contributed by atoms with E-state index >= 15 is 0 Å². The number of hydrogen-bond donors (Lipinski definition) is 0. The summed E-state index contributed by atoms with van der Waals surface area (Å²) in [7, 11) is 0. The van der Waals surface area contributed by atoms with Crippen LogP contribution >= 0.6 is 0 Å². The molecule has 0 radical (unpaired) electrons. The van der Waals surface area contributed by atoms with Crippen LogP contribution in [0, 0.1) is 0 Å². The fraction of sp³-hybridized carbons (Fsp3) is 0.107. The average molecular weight is 747 g/mol. The SMILES string of the molecule is CC1(C)c2ccccc2-c2cc3c(Oc4ccc(-c5ccccc5)cc4)c4cc5c(cc4c(Oc4ccc(-c6ccccc6)cc4)c3cc21)C(C)(C)c1ccccc1-5. The van der Waals surface area contributed by atoms with Gasteiger partial charge in [-0.25, -0.2) is 0 Å².